The van der Waals surface area contributed by atoms with Gasteiger partial charge in [0.1, 0.15) is 6.33 Å². The highest BCUT2D eigenvalue weighted by Crippen LogP contribution is 2.19. The zero-order chi connectivity index (χ0) is 13.7. The first-order valence-electron chi connectivity index (χ1n) is 6.58. The summed E-state index contributed by atoms with van der Waals surface area (Å²) in [6, 6.07) is 9.67. The van der Waals surface area contributed by atoms with E-state index in [2.05, 4.69) is 23.8 Å². The van der Waals surface area contributed by atoms with Gasteiger partial charge in [0.2, 0.25) is 0 Å². The van der Waals surface area contributed by atoms with Gasteiger partial charge in [-0.1, -0.05) is 38.1 Å². The molecule has 1 unspecified atom stereocenters. The van der Waals surface area contributed by atoms with Crippen molar-refractivity contribution in [1.29, 1.82) is 0 Å². The van der Waals surface area contributed by atoms with Crippen molar-refractivity contribution in [3.8, 4) is 0 Å². The molecule has 1 heterocycles. The molecule has 2 aromatic rings. The van der Waals surface area contributed by atoms with Crippen molar-refractivity contribution in [3.63, 3.8) is 0 Å². The molecule has 19 heavy (non-hydrogen) atoms. The van der Waals surface area contributed by atoms with Gasteiger partial charge in [0.25, 0.3) is 0 Å². The molecular weight excluding hydrogens is 236 g/mol. The van der Waals surface area contributed by atoms with Crippen molar-refractivity contribution in [1.82, 2.24) is 9.97 Å². The summed E-state index contributed by atoms with van der Waals surface area (Å²) in [5.74, 6) is 0.625. The molecule has 3 nitrogen and oxygen atoms in total. The number of carbonyl (C=O) groups excluding carboxylic acids is 1. The fourth-order valence-corrected chi connectivity index (χ4v) is 1.92. The van der Waals surface area contributed by atoms with E-state index in [0.29, 0.717) is 12.3 Å². The molecule has 0 aliphatic carbocycles. The molecule has 1 aromatic heterocycles. The average molecular weight is 254 g/mol. The molecule has 0 radical (unpaired) electrons. The summed E-state index contributed by atoms with van der Waals surface area (Å²) >= 11 is 0. The Bertz CT molecular complexity index is 534. The minimum atomic E-state index is 0.0920. The molecule has 0 aliphatic rings. The number of benzene rings is 1. The lowest BCUT2D eigenvalue weighted by Crippen LogP contribution is -2.05. The molecule has 0 N–H and O–H groups in total. The summed E-state index contributed by atoms with van der Waals surface area (Å²) in [6.45, 7) is 4.36. The molecule has 3 heteroatoms. The van der Waals surface area contributed by atoms with Gasteiger partial charge in [0.15, 0.2) is 5.78 Å². The molecule has 2 rings (SSSR count). The topological polar surface area (TPSA) is 42.9 Å². The van der Waals surface area contributed by atoms with E-state index in [-0.39, 0.29) is 5.78 Å². The lowest BCUT2D eigenvalue weighted by Gasteiger charge is -2.09. The van der Waals surface area contributed by atoms with E-state index in [1.54, 1.807) is 12.3 Å². The van der Waals surface area contributed by atoms with Crippen LogP contribution in [0.3, 0.4) is 0 Å². The van der Waals surface area contributed by atoms with E-state index < -0.39 is 0 Å². The lowest BCUT2D eigenvalue weighted by atomic mass is 9.96. The first-order valence-corrected chi connectivity index (χ1v) is 6.58. The molecule has 1 atom stereocenters. The predicted molar refractivity (Wildman–Crippen MR) is 75.2 cm³/mol. The van der Waals surface area contributed by atoms with E-state index in [0.717, 1.165) is 17.7 Å². The Morgan fingerprint density at radius 2 is 1.95 bits per heavy atom. The predicted octanol–water partition coefficient (Wildman–Crippen LogP) is 3.42. The van der Waals surface area contributed by atoms with Crippen molar-refractivity contribution in [2.45, 2.75) is 32.6 Å². The molecule has 0 spiro atoms. The molecule has 0 saturated carbocycles. The van der Waals surface area contributed by atoms with Crippen LogP contribution in [0.25, 0.3) is 0 Å². The highest BCUT2D eigenvalue weighted by Gasteiger charge is 2.09. The van der Waals surface area contributed by atoms with Crippen LogP contribution in [0.5, 0.6) is 0 Å². The van der Waals surface area contributed by atoms with E-state index in [1.807, 2.05) is 24.3 Å². The Morgan fingerprint density at radius 3 is 2.53 bits per heavy atom. The van der Waals surface area contributed by atoms with Gasteiger partial charge in [-0.15, -0.1) is 0 Å². The number of hydrogen-bond acceptors (Lipinski definition) is 3. The number of Topliss-reactive ketones (excluding diaryl/α,β-unsaturated/α-hetero) is 1. The smallest absolute Gasteiger partial charge is 0.168 e. The van der Waals surface area contributed by atoms with Crippen molar-refractivity contribution >= 4 is 5.78 Å². The molecular formula is C16H18N2O. The van der Waals surface area contributed by atoms with Crippen molar-refractivity contribution in [3.05, 3.63) is 59.7 Å². The maximum absolute atomic E-state index is 12.1. The van der Waals surface area contributed by atoms with Gasteiger partial charge in [-0.25, -0.2) is 9.97 Å². The van der Waals surface area contributed by atoms with Gasteiger partial charge < -0.3 is 0 Å². The second-order valence-corrected chi connectivity index (χ2v) is 4.73. The van der Waals surface area contributed by atoms with Gasteiger partial charge in [-0.3, -0.25) is 4.79 Å². The number of ketones is 1. The van der Waals surface area contributed by atoms with Crippen molar-refractivity contribution in [2.75, 3.05) is 0 Å². The van der Waals surface area contributed by atoms with Crippen LogP contribution in [-0.2, 0) is 6.42 Å². The SMILES string of the molecule is CCC(C)c1ccc(C(=O)Cc2ccncn2)cc1. The monoisotopic (exact) mass is 254 g/mol. The first kappa shape index (κ1) is 13.4. The molecule has 0 bridgehead atoms. The van der Waals surface area contributed by atoms with Gasteiger partial charge in [-0.2, -0.15) is 0 Å². The lowest BCUT2D eigenvalue weighted by molar-refractivity contribution is 0.0992. The first-order chi connectivity index (χ1) is 9.20. The van der Waals surface area contributed by atoms with Gasteiger partial charge in [0.05, 0.1) is 12.1 Å². The zero-order valence-electron chi connectivity index (χ0n) is 11.3. The Labute approximate surface area is 113 Å². The van der Waals surface area contributed by atoms with Crippen LogP contribution >= 0.6 is 0 Å². The highest BCUT2D eigenvalue weighted by atomic mass is 16.1. The third kappa shape index (κ3) is 3.47. The van der Waals surface area contributed by atoms with Crippen LogP contribution in [0.1, 0.15) is 47.8 Å². The van der Waals surface area contributed by atoms with Gasteiger partial charge in [0, 0.05) is 11.8 Å². The minimum absolute atomic E-state index is 0.0920. The summed E-state index contributed by atoms with van der Waals surface area (Å²) in [5, 5.41) is 0. The maximum atomic E-state index is 12.1. The summed E-state index contributed by atoms with van der Waals surface area (Å²) in [7, 11) is 0. The van der Waals surface area contributed by atoms with Crippen molar-refractivity contribution in [2.24, 2.45) is 0 Å². The molecule has 0 amide bonds. The number of nitrogens with zero attached hydrogens (tertiary/aromatic N) is 2. The minimum Gasteiger partial charge on any atom is -0.294 e. The summed E-state index contributed by atoms with van der Waals surface area (Å²) in [4.78, 5) is 20.0. The average Bonchev–Trinajstić information content (AvgIpc) is 2.47. The number of hydrogen-bond donors (Lipinski definition) is 0. The fourth-order valence-electron chi connectivity index (χ4n) is 1.92. The second kappa shape index (κ2) is 6.23. The van der Waals surface area contributed by atoms with Gasteiger partial charge >= 0.3 is 0 Å². The molecule has 98 valence electrons. The van der Waals surface area contributed by atoms with Crippen LogP contribution in [0.15, 0.2) is 42.9 Å². The van der Waals surface area contributed by atoms with E-state index in [4.69, 9.17) is 0 Å². The number of rotatable bonds is 5. The standard InChI is InChI=1S/C16H18N2O/c1-3-12(2)13-4-6-14(7-5-13)16(19)10-15-8-9-17-11-18-15/h4-9,11-12H,3,10H2,1-2H3. The number of aromatic nitrogens is 2. The maximum Gasteiger partial charge on any atom is 0.168 e. The van der Waals surface area contributed by atoms with E-state index in [9.17, 15) is 4.79 Å². The van der Waals surface area contributed by atoms with Gasteiger partial charge in [-0.05, 0) is 24.0 Å². The van der Waals surface area contributed by atoms with Crippen LogP contribution < -0.4 is 0 Å². The molecule has 0 aliphatic heterocycles. The van der Waals surface area contributed by atoms with E-state index in [1.165, 1.54) is 11.9 Å². The Kier molecular flexibility index (Phi) is 4.39. The summed E-state index contributed by atoms with van der Waals surface area (Å²) in [5.41, 5.74) is 2.78. The molecule has 0 fully saturated rings. The number of carbonyl (C=O) groups is 1. The summed E-state index contributed by atoms with van der Waals surface area (Å²) < 4.78 is 0. The van der Waals surface area contributed by atoms with Crippen LogP contribution in [0.2, 0.25) is 0 Å². The van der Waals surface area contributed by atoms with Crippen molar-refractivity contribution < 1.29 is 4.79 Å². The van der Waals surface area contributed by atoms with Crippen LogP contribution in [0.4, 0.5) is 0 Å². The second-order valence-electron chi connectivity index (χ2n) is 4.73. The zero-order valence-corrected chi connectivity index (χ0v) is 11.3. The Morgan fingerprint density at radius 1 is 1.21 bits per heavy atom. The third-order valence-electron chi connectivity index (χ3n) is 3.40. The third-order valence-corrected chi connectivity index (χ3v) is 3.40. The van der Waals surface area contributed by atoms with E-state index >= 15 is 0 Å². The molecule has 1 aromatic carbocycles. The van der Waals surface area contributed by atoms with Crippen LogP contribution in [0, 0.1) is 0 Å². The Hall–Kier alpha value is -2.03. The molecule has 0 saturated heterocycles. The van der Waals surface area contributed by atoms with Crippen LogP contribution in [-0.4, -0.2) is 15.8 Å². The fraction of sp³-hybridized carbons (Fsp3) is 0.312. The largest absolute Gasteiger partial charge is 0.294 e. The Balaban J connectivity index is 2.08. The highest BCUT2D eigenvalue weighted by molar-refractivity contribution is 5.97. The summed E-state index contributed by atoms with van der Waals surface area (Å²) in [6.07, 6.45) is 4.55. The normalized spacial score (nSPS) is 12.1. The quantitative estimate of drug-likeness (QED) is 0.768.